The second-order valence-electron chi connectivity index (χ2n) is 7.02. The van der Waals surface area contributed by atoms with Gasteiger partial charge in [0.1, 0.15) is 0 Å². The van der Waals surface area contributed by atoms with Crippen molar-refractivity contribution < 1.29 is 4.74 Å². The predicted molar refractivity (Wildman–Crippen MR) is 101 cm³/mol. The molecular weight excluding hydrogens is 298 g/mol. The highest BCUT2D eigenvalue weighted by Gasteiger charge is 2.27. The number of hydrogen-bond acceptors (Lipinski definition) is 2. The molecule has 2 atom stereocenters. The molecular formula is C20H33N3O. The lowest BCUT2D eigenvalue weighted by molar-refractivity contribution is -0.0265. The van der Waals surface area contributed by atoms with E-state index in [1.807, 2.05) is 7.05 Å². The van der Waals surface area contributed by atoms with Crippen LogP contribution in [0.4, 0.5) is 0 Å². The van der Waals surface area contributed by atoms with Crippen molar-refractivity contribution in [2.45, 2.75) is 45.6 Å². The first-order chi connectivity index (χ1) is 11.7. The average molecular weight is 332 g/mol. The third kappa shape index (κ3) is 6.16. The van der Waals surface area contributed by atoms with Crippen molar-refractivity contribution in [3.05, 3.63) is 35.9 Å². The minimum Gasteiger partial charge on any atom is -0.373 e. The lowest BCUT2D eigenvalue weighted by Gasteiger charge is -2.32. The fraction of sp³-hybridized carbons (Fsp3) is 0.650. The lowest BCUT2D eigenvalue weighted by Crippen LogP contribution is -2.42. The molecule has 134 valence electrons. The van der Waals surface area contributed by atoms with Gasteiger partial charge in [-0.3, -0.25) is 4.99 Å². The smallest absolute Gasteiger partial charge is 0.190 e. The molecule has 0 bridgehead atoms. The number of benzene rings is 1. The fourth-order valence-corrected chi connectivity index (χ4v) is 3.23. The Labute approximate surface area is 147 Å². The van der Waals surface area contributed by atoms with E-state index in [9.17, 15) is 0 Å². The van der Waals surface area contributed by atoms with E-state index in [0.717, 1.165) is 38.0 Å². The highest BCUT2D eigenvalue weighted by atomic mass is 16.5. The second-order valence-corrected chi connectivity index (χ2v) is 7.02. The fourth-order valence-electron chi connectivity index (χ4n) is 3.23. The number of rotatable bonds is 7. The van der Waals surface area contributed by atoms with Crippen LogP contribution in [0.15, 0.2) is 35.3 Å². The summed E-state index contributed by atoms with van der Waals surface area (Å²) in [6.45, 7) is 7.25. The quantitative estimate of drug-likeness (QED) is 0.454. The van der Waals surface area contributed by atoms with Crippen LogP contribution in [0.3, 0.4) is 0 Å². The maximum atomic E-state index is 6.07. The maximum Gasteiger partial charge on any atom is 0.190 e. The molecule has 0 amide bonds. The van der Waals surface area contributed by atoms with Gasteiger partial charge in [0, 0.05) is 32.7 Å². The van der Waals surface area contributed by atoms with Crippen LogP contribution in [0.2, 0.25) is 0 Å². The molecule has 1 heterocycles. The molecule has 0 saturated carbocycles. The molecule has 1 aliphatic rings. The highest BCUT2D eigenvalue weighted by Crippen LogP contribution is 2.32. The first kappa shape index (κ1) is 18.8. The van der Waals surface area contributed by atoms with Gasteiger partial charge in [-0.1, -0.05) is 44.2 Å². The Morgan fingerprint density at radius 1 is 1.25 bits per heavy atom. The van der Waals surface area contributed by atoms with E-state index < -0.39 is 0 Å². The third-order valence-electron chi connectivity index (χ3n) is 4.58. The van der Waals surface area contributed by atoms with E-state index in [1.165, 1.54) is 24.8 Å². The van der Waals surface area contributed by atoms with E-state index in [0.29, 0.717) is 5.92 Å². The molecule has 1 aromatic carbocycles. The van der Waals surface area contributed by atoms with Crippen molar-refractivity contribution in [2.24, 2.45) is 16.8 Å². The Balaban J connectivity index is 1.81. The molecule has 1 fully saturated rings. The molecule has 0 radical (unpaired) electrons. The van der Waals surface area contributed by atoms with Crippen molar-refractivity contribution in [2.75, 3.05) is 26.7 Å². The van der Waals surface area contributed by atoms with Crippen molar-refractivity contribution in [3.63, 3.8) is 0 Å². The summed E-state index contributed by atoms with van der Waals surface area (Å²) in [5.41, 5.74) is 1.28. The molecule has 0 aliphatic carbocycles. The lowest BCUT2D eigenvalue weighted by atomic mass is 9.89. The number of ether oxygens (including phenoxy) is 1. The van der Waals surface area contributed by atoms with Crippen molar-refractivity contribution in [1.82, 2.24) is 10.6 Å². The van der Waals surface area contributed by atoms with Gasteiger partial charge < -0.3 is 15.4 Å². The monoisotopic (exact) mass is 331 g/mol. The Kier molecular flexibility index (Phi) is 8.10. The average Bonchev–Trinajstić information content (AvgIpc) is 2.62. The molecule has 2 rings (SSSR count). The van der Waals surface area contributed by atoms with E-state index in [1.54, 1.807) is 0 Å². The third-order valence-corrected chi connectivity index (χ3v) is 4.58. The second kappa shape index (κ2) is 10.3. The summed E-state index contributed by atoms with van der Waals surface area (Å²) < 4.78 is 6.07. The molecule has 2 unspecified atom stereocenters. The molecule has 0 aromatic heterocycles. The van der Waals surface area contributed by atoms with E-state index in [-0.39, 0.29) is 6.10 Å². The van der Waals surface area contributed by atoms with Gasteiger partial charge in [-0.05, 0) is 37.2 Å². The predicted octanol–water partition coefficient (Wildman–Crippen LogP) is 3.76. The van der Waals surface area contributed by atoms with Gasteiger partial charge in [-0.2, -0.15) is 0 Å². The summed E-state index contributed by atoms with van der Waals surface area (Å²) in [7, 11) is 1.84. The van der Waals surface area contributed by atoms with Crippen LogP contribution >= 0.6 is 0 Å². The van der Waals surface area contributed by atoms with Crippen LogP contribution < -0.4 is 10.6 Å². The summed E-state index contributed by atoms with van der Waals surface area (Å²) in [4.78, 5) is 4.34. The summed E-state index contributed by atoms with van der Waals surface area (Å²) >= 11 is 0. The normalized spacial score (nSPS) is 21.8. The summed E-state index contributed by atoms with van der Waals surface area (Å²) in [5, 5.41) is 6.90. The van der Waals surface area contributed by atoms with Crippen LogP contribution in [0.1, 0.15) is 51.2 Å². The van der Waals surface area contributed by atoms with Crippen LogP contribution in [-0.4, -0.2) is 32.7 Å². The van der Waals surface area contributed by atoms with Crippen LogP contribution in [0, 0.1) is 11.8 Å². The SMILES string of the molecule is CN=C(NCCCC(C)C)NCC1CCCOC1c1ccccc1. The van der Waals surface area contributed by atoms with Crippen LogP contribution in [-0.2, 0) is 4.74 Å². The Bertz CT molecular complexity index is 487. The van der Waals surface area contributed by atoms with Gasteiger partial charge in [0.2, 0.25) is 0 Å². The topological polar surface area (TPSA) is 45.7 Å². The van der Waals surface area contributed by atoms with Gasteiger partial charge in [-0.25, -0.2) is 0 Å². The van der Waals surface area contributed by atoms with E-state index >= 15 is 0 Å². The minimum absolute atomic E-state index is 0.187. The molecule has 1 saturated heterocycles. The first-order valence-corrected chi connectivity index (χ1v) is 9.31. The van der Waals surface area contributed by atoms with Crippen molar-refractivity contribution in [1.29, 1.82) is 0 Å². The Morgan fingerprint density at radius 2 is 2.04 bits per heavy atom. The highest BCUT2D eigenvalue weighted by molar-refractivity contribution is 5.79. The molecule has 1 aliphatic heterocycles. The summed E-state index contributed by atoms with van der Waals surface area (Å²) in [6, 6.07) is 10.6. The zero-order chi connectivity index (χ0) is 17.2. The minimum atomic E-state index is 0.187. The number of nitrogens with one attached hydrogen (secondary N) is 2. The first-order valence-electron chi connectivity index (χ1n) is 9.31. The van der Waals surface area contributed by atoms with E-state index in [2.05, 4.69) is 59.8 Å². The van der Waals surface area contributed by atoms with Gasteiger partial charge >= 0.3 is 0 Å². The largest absolute Gasteiger partial charge is 0.373 e. The number of guanidine groups is 1. The van der Waals surface area contributed by atoms with Crippen molar-refractivity contribution >= 4 is 5.96 Å². The van der Waals surface area contributed by atoms with Gasteiger partial charge in [0.25, 0.3) is 0 Å². The Morgan fingerprint density at radius 3 is 2.75 bits per heavy atom. The molecule has 1 aromatic rings. The van der Waals surface area contributed by atoms with E-state index in [4.69, 9.17) is 4.74 Å². The van der Waals surface area contributed by atoms with Gasteiger partial charge in [-0.15, -0.1) is 0 Å². The maximum absolute atomic E-state index is 6.07. The van der Waals surface area contributed by atoms with Crippen LogP contribution in [0.25, 0.3) is 0 Å². The molecule has 4 nitrogen and oxygen atoms in total. The number of aliphatic imine (C=N–C) groups is 1. The molecule has 0 spiro atoms. The summed E-state index contributed by atoms with van der Waals surface area (Å²) in [5.74, 6) is 2.14. The molecule has 2 N–H and O–H groups in total. The molecule has 4 heteroatoms. The zero-order valence-electron chi connectivity index (χ0n) is 15.4. The number of hydrogen-bond donors (Lipinski definition) is 2. The number of nitrogens with zero attached hydrogens (tertiary/aromatic N) is 1. The van der Waals surface area contributed by atoms with Crippen LogP contribution in [0.5, 0.6) is 0 Å². The van der Waals surface area contributed by atoms with Crippen molar-refractivity contribution in [3.8, 4) is 0 Å². The zero-order valence-corrected chi connectivity index (χ0v) is 15.4. The molecule has 24 heavy (non-hydrogen) atoms. The standard InChI is InChI=1S/C20H33N3O/c1-16(2)9-7-13-22-20(21-3)23-15-18-12-8-14-24-19(18)17-10-5-4-6-11-17/h4-6,10-11,16,18-19H,7-9,12-15H2,1-3H3,(H2,21,22,23). The summed E-state index contributed by atoms with van der Waals surface area (Å²) in [6.07, 6.45) is 4.94. The Hall–Kier alpha value is -1.55. The van der Waals surface area contributed by atoms with Gasteiger partial charge in [0.15, 0.2) is 5.96 Å². The van der Waals surface area contributed by atoms with Gasteiger partial charge in [0.05, 0.1) is 6.10 Å².